The van der Waals surface area contributed by atoms with Crippen molar-refractivity contribution in [3.05, 3.63) is 74.9 Å². The summed E-state index contributed by atoms with van der Waals surface area (Å²) in [4.78, 5) is 34.0. The number of thiazole rings is 1. The number of aryl methyl sites for hydroxylation is 3. The van der Waals surface area contributed by atoms with Crippen molar-refractivity contribution < 1.29 is 14.0 Å². The molecule has 3 heterocycles. The number of nitrogens with two attached hydrogens (primary N) is 1. The van der Waals surface area contributed by atoms with Gasteiger partial charge in [0.1, 0.15) is 11.4 Å². The fourth-order valence-electron chi connectivity index (χ4n) is 3.73. The molecule has 0 spiro atoms. The summed E-state index contributed by atoms with van der Waals surface area (Å²) in [7, 11) is 0. The van der Waals surface area contributed by atoms with Gasteiger partial charge in [-0.1, -0.05) is 18.2 Å². The summed E-state index contributed by atoms with van der Waals surface area (Å²) in [5.41, 5.74) is 9.81. The first-order valence-corrected chi connectivity index (χ1v) is 11.2. The van der Waals surface area contributed by atoms with Gasteiger partial charge in [0, 0.05) is 29.1 Å². The number of benzene rings is 1. The zero-order valence-corrected chi connectivity index (χ0v) is 19.3. The number of amides is 2. The topological polar surface area (TPSA) is 115 Å². The van der Waals surface area contributed by atoms with Crippen LogP contribution in [-0.2, 0) is 17.6 Å². The quantitative estimate of drug-likeness (QED) is 0.432. The summed E-state index contributed by atoms with van der Waals surface area (Å²) in [5.74, 6) is -1.03. The number of nitrogens with zero attached hydrogens (tertiary/aromatic N) is 4. The molecule has 3 aromatic heterocycles. The smallest absolute Gasteiger partial charge is 0.254 e. The summed E-state index contributed by atoms with van der Waals surface area (Å²) in [6.45, 7) is 5.55. The van der Waals surface area contributed by atoms with Crippen LogP contribution in [0.3, 0.4) is 0 Å². The molecular weight excluding hydrogens is 443 g/mol. The van der Waals surface area contributed by atoms with Crippen molar-refractivity contribution in [2.45, 2.75) is 40.0 Å². The maximum atomic E-state index is 14.0. The molecule has 0 aliphatic carbocycles. The number of fused-ring (bicyclic) bond motifs is 1. The first kappa shape index (κ1) is 22.5. The zero-order valence-electron chi connectivity index (χ0n) is 18.5. The number of hydrogen-bond donors (Lipinski definition) is 2. The molecule has 8 nitrogen and oxygen atoms in total. The first-order valence-electron chi connectivity index (χ1n) is 10.4. The highest BCUT2D eigenvalue weighted by atomic mass is 32.1. The van der Waals surface area contributed by atoms with E-state index >= 15 is 0 Å². The third-order valence-corrected chi connectivity index (χ3v) is 6.60. The van der Waals surface area contributed by atoms with E-state index in [4.69, 9.17) is 5.73 Å². The normalized spacial score (nSPS) is 11.2. The molecule has 0 fully saturated rings. The maximum absolute atomic E-state index is 14.0. The van der Waals surface area contributed by atoms with Crippen molar-refractivity contribution in [2.24, 2.45) is 5.73 Å². The minimum atomic E-state index is -0.587. The van der Waals surface area contributed by atoms with Crippen LogP contribution in [-0.4, -0.2) is 31.4 Å². The van der Waals surface area contributed by atoms with Crippen molar-refractivity contribution >= 4 is 33.9 Å². The summed E-state index contributed by atoms with van der Waals surface area (Å²) in [6.07, 6.45) is 2.50. The molecular formula is C23H23FN6O2S. The van der Waals surface area contributed by atoms with E-state index in [-0.39, 0.29) is 23.7 Å². The molecule has 0 radical (unpaired) electrons. The van der Waals surface area contributed by atoms with Crippen LogP contribution in [0.4, 0.5) is 9.52 Å². The Hall–Kier alpha value is -3.66. The van der Waals surface area contributed by atoms with Crippen molar-refractivity contribution in [3.63, 3.8) is 0 Å². The number of carbonyl (C=O) groups is 2. The van der Waals surface area contributed by atoms with Gasteiger partial charge in [0.15, 0.2) is 10.8 Å². The van der Waals surface area contributed by atoms with Gasteiger partial charge in [-0.2, -0.15) is 5.10 Å². The number of primary amides is 1. The van der Waals surface area contributed by atoms with Crippen LogP contribution in [0.5, 0.6) is 0 Å². The fraction of sp³-hybridized carbons (Fsp3) is 0.261. The summed E-state index contributed by atoms with van der Waals surface area (Å²) in [6, 6.07) is 6.63. The predicted octanol–water partition coefficient (Wildman–Crippen LogP) is 3.51. The van der Waals surface area contributed by atoms with Gasteiger partial charge in [-0.25, -0.2) is 18.9 Å². The van der Waals surface area contributed by atoms with Gasteiger partial charge >= 0.3 is 0 Å². The van der Waals surface area contributed by atoms with E-state index in [9.17, 15) is 14.0 Å². The van der Waals surface area contributed by atoms with Crippen LogP contribution in [0.2, 0.25) is 0 Å². The molecule has 0 atom stereocenters. The van der Waals surface area contributed by atoms with Crippen LogP contribution in [0, 0.1) is 26.6 Å². The molecule has 0 bridgehead atoms. The monoisotopic (exact) mass is 466 g/mol. The van der Waals surface area contributed by atoms with Crippen molar-refractivity contribution in [2.75, 3.05) is 5.32 Å². The highest BCUT2D eigenvalue weighted by Gasteiger charge is 2.18. The van der Waals surface area contributed by atoms with E-state index in [0.29, 0.717) is 34.9 Å². The third-order valence-electron chi connectivity index (χ3n) is 5.52. The van der Waals surface area contributed by atoms with E-state index in [1.807, 2.05) is 20.8 Å². The standard InChI is InChI=1S/C23H23FN6O2S/c1-12-16(14(3)30-22(27-12)17(11-26-30)21(25)32)8-9-20(31)29-23-28-13(2)19(33-23)10-15-6-4-5-7-18(15)24/h4-7,11H,8-10H2,1-3H3,(H2,25,32)(H,28,29,31). The Morgan fingerprint density at radius 1 is 1.15 bits per heavy atom. The van der Waals surface area contributed by atoms with Crippen LogP contribution < -0.4 is 11.1 Å². The Morgan fingerprint density at radius 2 is 1.91 bits per heavy atom. The van der Waals surface area contributed by atoms with E-state index < -0.39 is 5.91 Å². The summed E-state index contributed by atoms with van der Waals surface area (Å²) in [5, 5.41) is 7.54. The highest BCUT2D eigenvalue weighted by molar-refractivity contribution is 7.15. The molecule has 0 saturated carbocycles. The third kappa shape index (κ3) is 4.61. The lowest BCUT2D eigenvalue weighted by molar-refractivity contribution is -0.116. The number of aromatic nitrogens is 4. The predicted molar refractivity (Wildman–Crippen MR) is 124 cm³/mol. The van der Waals surface area contributed by atoms with Crippen molar-refractivity contribution in [1.82, 2.24) is 19.6 Å². The molecule has 4 rings (SSSR count). The number of nitrogens with one attached hydrogen (secondary N) is 1. The van der Waals surface area contributed by atoms with Crippen molar-refractivity contribution in [1.29, 1.82) is 0 Å². The van der Waals surface area contributed by atoms with Crippen LogP contribution in [0.15, 0.2) is 30.5 Å². The molecule has 33 heavy (non-hydrogen) atoms. The maximum Gasteiger partial charge on any atom is 0.254 e. The second-order valence-electron chi connectivity index (χ2n) is 7.76. The van der Waals surface area contributed by atoms with Gasteiger partial charge < -0.3 is 11.1 Å². The number of rotatable bonds is 7. The zero-order chi connectivity index (χ0) is 23.7. The van der Waals surface area contributed by atoms with E-state index in [0.717, 1.165) is 21.8 Å². The SMILES string of the molecule is Cc1nc(NC(=O)CCc2c(C)nc3c(C(N)=O)cnn3c2C)sc1Cc1ccccc1F. The lowest BCUT2D eigenvalue weighted by Gasteiger charge is -2.11. The molecule has 0 saturated heterocycles. The molecule has 1 aromatic carbocycles. The van der Waals surface area contributed by atoms with E-state index in [2.05, 4.69) is 20.4 Å². The van der Waals surface area contributed by atoms with Gasteiger partial charge in [-0.05, 0) is 44.4 Å². The van der Waals surface area contributed by atoms with Crippen LogP contribution >= 0.6 is 11.3 Å². The van der Waals surface area contributed by atoms with Gasteiger partial charge in [-0.3, -0.25) is 9.59 Å². The minimum Gasteiger partial charge on any atom is -0.365 e. The van der Waals surface area contributed by atoms with Gasteiger partial charge in [-0.15, -0.1) is 11.3 Å². The summed E-state index contributed by atoms with van der Waals surface area (Å²) >= 11 is 1.35. The molecule has 4 aromatic rings. The molecule has 0 aliphatic heterocycles. The Labute approximate surface area is 193 Å². The Kier molecular flexibility index (Phi) is 6.19. The molecule has 2 amide bonds. The van der Waals surface area contributed by atoms with Gasteiger partial charge in [0.25, 0.3) is 5.91 Å². The fourth-order valence-corrected chi connectivity index (χ4v) is 4.73. The van der Waals surface area contributed by atoms with Crippen molar-refractivity contribution in [3.8, 4) is 0 Å². The molecule has 0 aliphatic rings. The van der Waals surface area contributed by atoms with Gasteiger partial charge in [0.05, 0.1) is 11.9 Å². The summed E-state index contributed by atoms with van der Waals surface area (Å²) < 4.78 is 15.5. The largest absolute Gasteiger partial charge is 0.365 e. The van der Waals surface area contributed by atoms with Gasteiger partial charge in [0.2, 0.25) is 5.91 Å². The highest BCUT2D eigenvalue weighted by Crippen LogP contribution is 2.26. The molecule has 0 unspecified atom stereocenters. The number of carbonyl (C=O) groups excluding carboxylic acids is 2. The Balaban J connectivity index is 1.44. The van der Waals surface area contributed by atoms with E-state index in [1.165, 1.54) is 23.6 Å². The first-order chi connectivity index (χ1) is 15.7. The average molecular weight is 467 g/mol. The average Bonchev–Trinajstić information content (AvgIpc) is 3.33. The molecule has 3 N–H and O–H groups in total. The lowest BCUT2D eigenvalue weighted by atomic mass is 10.1. The minimum absolute atomic E-state index is 0.182. The van der Waals surface area contributed by atoms with Crippen LogP contribution in [0.25, 0.3) is 5.65 Å². The Bertz CT molecular complexity index is 1380. The molecule has 10 heteroatoms. The Morgan fingerprint density at radius 3 is 2.64 bits per heavy atom. The number of hydrogen-bond acceptors (Lipinski definition) is 6. The van der Waals surface area contributed by atoms with E-state index in [1.54, 1.807) is 22.7 Å². The second-order valence-corrected chi connectivity index (χ2v) is 8.85. The molecule has 170 valence electrons. The second kappa shape index (κ2) is 9.07. The number of anilines is 1. The number of halogens is 1. The van der Waals surface area contributed by atoms with Crippen LogP contribution in [0.1, 0.15) is 49.9 Å². The lowest BCUT2D eigenvalue weighted by Crippen LogP contribution is -2.15.